The van der Waals surface area contributed by atoms with Crippen molar-refractivity contribution < 1.29 is 31.8 Å². The maximum absolute atomic E-state index is 14.8. The summed E-state index contributed by atoms with van der Waals surface area (Å²) in [4.78, 5) is 0. The summed E-state index contributed by atoms with van der Waals surface area (Å²) in [6.45, 7) is 4.28. The summed E-state index contributed by atoms with van der Waals surface area (Å²) in [5.74, 6) is -4.45. The zero-order valence-corrected chi connectivity index (χ0v) is 17.2. The van der Waals surface area contributed by atoms with Crippen LogP contribution in [0.2, 0.25) is 0 Å². The van der Waals surface area contributed by atoms with Gasteiger partial charge in [0.15, 0.2) is 29.5 Å². The van der Waals surface area contributed by atoms with Crippen LogP contribution < -0.4 is 4.74 Å². The van der Waals surface area contributed by atoms with E-state index in [1.54, 1.807) is 6.08 Å². The fraction of sp³-hybridized carbons (Fsp3) is 0.200. The Bertz CT molecular complexity index is 1140. The van der Waals surface area contributed by atoms with E-state index in [2.05, 4.69) is 6.58 Å². The molecule has 166 valence electrons. The molecule has 0 bridgehead atoms. The summed E-state index contributed by atoms with van der Waals surface area (Å²) in [7, 11) is 1.25. The van der Waals surface area contributed by atoms with Gasteiger partial charge in [-0.25, -0.2) is 13.2 Å². The third-order valence-corrected chi connectivity index (χ3v) is 5.40. The number of benzene rings is 3. The Kier molecular flexibility index (Phi) is 6.30. The van der Waals surface area contributed by atoms with Gasteiger partial charge >= 0.3 is 0 Å². The molecule has 3 aromatic rings. The van der Waals surface area contributed by atoms with Gasteiger partial charge in [-0.2, -0.15) is 4.39 Å². The summed E-state index contributed by atoms with van der Waals surface area (Å²) in [6, 6.07) is 11.6. The highest BCUT2D eigenvalue weighted by Crippen LogP contribution is 2.35. The van der Waals surface area contributed by atoms with Crippen molar-refractivity contribution >= 4 is 0 Å². The van der Waals surface area contributed by atoms with Crippen molar-refractivity contribution in [2.24, 2.45) is 5.92 Å². The molecule has 1 saturated heterocycles. The van der Waals surface area contributed by atoms with Crippen LogP contribution >= 0.6 is 0 Å². The maximum atomic E-state index is 14.8. The minimum Gasteiger partial charge on any atom is -0.494 e. The Labute approximate surface area is 182 Å². The molecule has 3 nitrogen and oxygen atoms in total. The van der Waals surface area contributed by atoms with Crippen molar-refractivity contribution in [2.45, 2.75) is 6.29 Å². The van der Waals surface area contributed by atoms with Gasteiger partial charge < -0.3 is 14.2 Å². The van der Waals surface area contributed by atoms with Crippen LogP contribution in [0.5, 0.6) is 5.75 Å². The van der Waals surface area contributed by atoms with Crippen LogP contribution in [0.15, 0.2) is 61.2 Å². The Morgan fingerprint density at radius 3 is 1.84 bits per heavy atom. The molecule has 1 heterocycles. The molecule has 1 fully saturated rings. The van der Waals surface area contributed by atoms with Crippen LogP contribution in [0.1, 0.15) is 11.9 Å². The zero-order valence-electron chi connectivity index (χ0n) is 17.2. The van der Waals surface area contributed by atoms with E-state index >= 15 is 0 Å². The van der Waals surface area contributed by atoms with Crippen molar-refractivity contribution in [2.75, 3.05) is 20.3 Å². The molecule has 0 saturated carbocycles. The van der Waals surface area contributed by atoms with Crippen LogP contribution in [0.25, 0.3) is 22.3 Å². The normalized spacial score (nSPS) is 18.4. The molecule has 7 heteroatoms. The van der Waals surface area contributed by atoms with Gasteiger partial charge in [-0.15, -0.1) is 6.58 Å². The minimum atomic E-state index is -1.09. The lowest BCUT2D eigenvalue weighted by Crippen LogP contribution is -2.26. The highest BCUT2D eigenvalue weighted by molar-refractivity contribution is 5.71. The lowest BCUT2D eigenvalue weighted by atomic mass is 9.98. The molecule has 1 aliphatic rings. The van der Waals surface area contributed by atoms with Gasteiger partial charge in [-0.1, -0.05) is 42.5 Å². The average molecular weight is 444 g/mol. The Morgan fingerprint density at radius 1 is 0.781 bits per heavy atom. The zero-order chi connectivity index (χ0) is 22.8. The molecule has 3 aromatic carbocycles. The van der Waals surface area contributed by atoms with Crippen LogP contribution in [-0.4, -0.2) is 20.3 Å². The summed E-state index contributed by atoms with van der Waals surface area (Å²) in [6.07, 6.45) is 0.691. The van der Waals surface area contributed by atoms with Crippen molar-refractivity contribution in [3.8, 4) is 28.0 Å². The Hall–Kier alpha value is -3.16. The molecule has 32 heavy (non-hydrogen) atoms. The Balaban J connectivity index is 1.60. The monoisotopic (exact) mass is 444 g/mol. The Morgan fingerprint density at radius 2 is 1.31 bits per heavy atom. The largest absolute Gasteiger partial charge is 0.494 e. The number of hydrogen-bond donors (Lipinski definition) is 0. The molecule has 0 unspecified atom stereocenters. The lowest BCUT2D eigenvalue weighted by Gasteiger charge is -2.28. The van der Waals surface area contributed by atoms with Crippen LogP contribution in [0.4, 0.5) is 17.6 Å². The molecule has 0 spiro atoms. The molecular formula is C25H20F4O3. The lowest BCUT2D eigenvalue weighted by molar-refractivity contribution is -0.198. The average Bonchev–Trinajstić information content (AvgIpc) is 2.83. The first-order valence-corrected chi connectivity index (χ1v) is 9.91. The van der Waals surface area contributed by atoms with Gasteiger partial charge in [0.05, 0.1) is 20.3 Å². The summed E-state index contributed by atoms with van der Waals surface area (Å²) >= 11 is 0. The van der Waals surface area contributed by atoms with Crippen molar-refractivity contribution in [1.82, 2.24) is 0 Å². The van der Waals surface area contributed by atoms with E-state index in [4.69, 9.17) is 14.2 Å². The van der Waals surface area contributed by atoms with Gasteiger partial charge in [0, 0.05) is 22.6 Å². The third kappa shape index (κ3) is 4.01. The number of hydrogen-bond acceptors (Lipinski definition) is 3. The number of methoxy groups -OCH3 is 1. The third-order valence-electron chi connectivity index (χ3n) is 5.40. The first-order valence-electron chi connectivity index (χ1n) is 9.91. The smallest absolute Gasteiger partial charge is 0.201 e. The second kappa shape index (κ2) is 9.14. The highest BCUT2D eigenvalue weighted by atomic mass is 19.2. The van der Waals surface area contributed by atoms with E-state index in [9.17, 15) is 17.6 Å². The van der Waals surface area contributed by atoms with Crippen molar-refractivity contribution in [3.63, 3.8) is 0 Å². The second-order valence-electron chi connectivity index (χ2n) is 7.35. The number of rotatable bonds is 5. The van der Waals surface area contributed by atoms with E-state index < -0.39 is 29.6 Å². The van der Waals surface area contributed by atoms with E-state index in [1.807, 2.05) is 0 Å². The molecule has 0 amide bonds. The standard InChI is InChI=1S/C25H20F4O3/c1-3-14-12-31-25(32-13-14)19-9-8-17(21(26)23(19)28)15-4-6-16(7-5-15)18-10-11-20(30-2)24(29)22(18)27/h3-11,14,25H,1,12-13H2,2H3. The highest BCUT2D eigenvalue weighted by Gasteiger charge is 2.27. The first-order chi connectivity index (χ1) is 15.4. The van der Waals surface area contributed by atoms with E-state index in [0.717, 1.165) is 0 Å². The van der Waals surface area contributed by atoms with Gasteiger partial charge in [0.25, 0.3) is 0 Å². The summed E-state index contributed by atoms with van der Waals surface area (Å²) in [5, 5.41) is 0. The molecular weight excluding hydrogens is 424 g/mol. The predicted molar refractivity (Wildman–Crippen MR) is 112 cm³/mol. The quantitative estimate of drug-likeness (QED) is 0.335. The maximum Gasteiger partial charge on any atom is 0.201 e. The number of halogens is 4. The topological polar surface area (TPSA) is 27.7 Å². The van der Waals surface area contributed by atoms with Crippen LogP contribution in [0.3, 0.4) is 0 Å². The molecule has 0 radical (unpaired) electrons. The number of ether oxygens (including phenoxy) is 3. The van der Waals surface area contributed by atoms with Gasteiger partial charge in [0.1, 0.15) is 0 Å². The van der Waals surface area contributed by atoms with Crippen LogP contribution in [0, 0.1) is 29.2 Å². The van der Waals surface area contributed by atoms with Crippen LogP contribution in [-0.2, 0) is 9.47 Å². The van der Waals surface area contributed by atoms with Gasteiger partial charge in [-0.3, -0.25) is 0 Å². The SMILES string of the molecule is C=CC1COC(c2ccc(-c3ccc(-c4ccc(OC)c(F)c4F)cc3)c(F)c2F)OC1. The summed E-state index contributed by atoms with van der Waals surface area (Å²) in [5.41, 5.74) is 0.788. The van der Waals surface area contributed by atoms with E-state index in [1.165, 1.54) is 55.6 Å². The summed E-state index contributed by atoms with van der Waals surface area (Å²) < 4.78 is 73.7. The molecule has 0 atom stereocenters. The van der Waals surface area contributed by atoms with E-state index in [-0.39, 0.29) is 28.4 Å². The minimum absolute atomic E-state index is 0.000888. The molecule has 1 aliphatic heterocycles. The fourth-order valence-electron chi connectivity index (χ4n) is 3.54. The van der Waals surface area contributed by atoms with Crippen molar-refractivity contribution in [3.05, 3.63) is 90.0 Å². The molecule has 0 aliphatic carbocycles. The second-order valence-corrected chi connectivity index (χ2v) is 7.35. The first kappa shape index (κ1) is 22.0. The molecule has 0 aromatic heterocycles. The van der Waals surface area contributed by atoms with Gasteiger partial charge in [0.2, 0.25) is 5.82 Å². The fourth-order valence-corrected chi connectivity index (χ4v) is 3.54. The van der Waals surface area contributed by atoms with E-state index in [0.29, 0.717) is 24.3 Å². The molecule has 0 N–H and O–H groups in total. The predicted octanol–water partition coefficient (Wildman–Crippen LogP) is 6.43. The van der Waals surface area contributed by atoms with Crippen molar-refractivity contribution in [1.29, 1.82) is 0 Å². The van der Waals surface area contributed by atoms with Gasteiger partial charge in [-0.05, 0) is 23.3 Å². The molecule has 4 rings (SSSR count).